The Morgan fingerprint density at radius 2 is 2.21 bits per heavy atom. The SMILES string of the molecule is CCNC(CC1CC1)c1oc2ccc(F)cc2c1C. The number of rotatable bonds is 5. The van der Waals surface area contributed by atoms with Crippen molar-refractivity contribution in [3.63, 3.8) is 0 Å². The number of aryl methyl sites for hydroxylation is 1. The maximum Gasteiger partial charge on any atom is 0.134 e. The molecule has 1 atom stereocenters. The number of hydrogen-bond acceptors (Lipinski definition) is 2. The summed E-state index contributed by atoms with van der Waals surface area (Å²) in [5.74, 6) is 1.60. The van der Waals surface area contributed by atoms with E-state index < -0.39 is 0 Å². The minimum absolute atomic E-state index is 0.204. The van der Waals surface area contributed by atoms with Crippen LogP contribution in [-0.2, 0) is 0 Å². The lowest BCUT2D eigenvalue weighted by Gasteiger charge is -2.16. The van der Waals surface area contributed by atoms with Crippen LogP contribution in [0, 0.1) is 18.7 Å². The van der Waals surface area contributed by atoms with Crippen LogP contribution in [0.4, 0.5) is 4.39 Å². The van der Waals surface area contributed by atoms with Gasteiger partial charge in [-0.3, -0.25) is 0 Å². The Morgan fingerprint density at radius 3 is 2.89 bits per heavy atom. The van der Waals surface area contributed by atoms with E-state index in [0.29, 0.717) is 0 Å². The largest absolute Gasteiger partial charge is 0.459 e. The van der Waals surface area contributed by atoms with Gasteiger partial charge in [0.15, 0.2) is 0 Å². The average molecular weight is 261 g/mol. The second-order valence-corrected chi connectivity index (χ2v) is 5.52. The molecule has 0 aliphatic heterocycles. The Balaban J connectivity index is 1.98. The molecule has 1 N–H and O–H groups in total. The van der Waals surface area contributed by atoms with Gasteiger partial charge in [0.05, 0.1) is 6.04 Å². The summed E-state index contributed by atoms with van der Waals surface area (Å²) in [6, 6.07) is 5.00. The molecule has 0 amide bonds. The lowest BCUT2D eigenvalue weighted by atomic mass is 10.0. The van der Waals surface area contributed by atoms with Crippen LogP contribution in [0.2, 0.25) is 0 Å². The van der Waals surface area contributed by atoms with Gasteiger partial charge in [0.25, 0.3) is 0 Å². The topological polar surface area (TPSA) is 25.2 Å². The molecule has 1 aromatic heterocycles. The summed E-state index contributed by atoms with van der Waals surface area (Å²) < 4.78 is 19.3. The lowest BCUT2D eigenvalue weighted by molar-refractivity contribution is 0.400. The van der Waals surface area contributed by atoms with Gasteiger partial charge in [-0.05, 0) is 44.0 Å². The van der Waals surface area contributed by atoms with Gasteiger partial charge in [-0.15, -0.1) is 0 Å². The fourth-order valence-corrected chi connectivity index (χ4v) is 2.76. The van der Waals surface area contributed by atoms with Gasteiger partial charge < -0.3 is 9.73 Å². The fourth-order valence-electron chi connectivity index (χ4n) is 2.76. The zero-order valence-electron chi connectivity index (χ0n) is 11.5. The van der Waals surface area contributed by atoms with Crippen LogP contribution in [0.15, 0.2) is 22.6 Å². The summed E-state index contributed by atoms with van der Waals surface area (Å²) in [5.41, 5.74) is 1.86. The van der Waals surface area contributed by atoms with Gasteiger partial charge >= 0.3 is 0 Å². The van der Waals surface area contributed by atoms with Crippen LogP contribution in [0.1, 0.15) is 43.6 Å². The van der Waals surface area contributed by atoms with Crippen molar-refractivity contribution < 1.29 is 8.81 Å². The molecule has 1 fully saturated rings. The highest BCUT2D eigenvalue weighted by Gasteiger charge is 2.29. The van der Waals surface area contributed by atoms with E-state index in [-0.39, 0.29) is 11.9 Å². The molecule has 1 unspecified atom stereocenters. The highest BCUT2D eigenvalue weighted by molar-refractivity contribution is 5.82. The number of benzene rings is 1. The number of halogens is 1. The summed E-state index contributed by atoms with van der Waals surface area (Å²) >= 11 is 0. The molecule has 1 aliphatic carbocycles. The smallest absolute Gasteiger partial charge is 0.134 e. The van der Waals surface area contributed by atoms with Crippen LogP contribution < -0.4 is 5.32 Å². The van der Waals surface area contributed by atoms with Crippen molar-refractivity contribution in [1.29, 1.82) is 0 Å². The molecular formula is C16H20FNO. The van der Waals surface area contributed by atoms with E-state index in [1.807, 2.05) is 6.92 Å². The van der Waals surface area contributed by atoms with Crippen molar-refractivity contribution >= 4 is 11.0 Å². The molecule has 0 saturated heterocycles. The molecule has 102 valence electrons. The van der Waals surface area contributed by atoms with E-state index in [1.165, 1.54) is 18.9 Å². The Labute approximate surface area is 113 Å². The van der Waals surface area contributed by atoms with E-state index in [9.17, 15) is 4.39 Å². The first-order valence-corrected chi connectivity index (χ1v) is 7.11. The Kier molecular flexibility index (Phi) is 3.31. The van der Waals surface area contributed by atoms with Crippen LogP contribution in [0.3, 0.4) is 0 Å². The van der Waals surface area contributed by atoms with Crippen LogP contribution in [-0.4, -0.2) is 6.54 Å². The van der Waals surface area contributed by atoms with Gasteiger partial charge in [0.1, 0.15) is 17.2 Å². The van der Waals surface area contributed by atoms with E-state index in [4.69, 9.17) is 4.42 Å². The molecule has 2 aromatic rings. The predicted molar refractivity (Wildman–Crippen MR) is 74.7 cm³/mol. The van der Waals surface area contributed by atoms with Crippen LogP contribution in [0.25, 0.3) is 11.0 Å². The number of fused-ring (bicyclic) bond motifs is 1. The standard InChI is InChI=1S/C16H20FNO/c1-3-18-14(8-11-4-5-11)16-10(2)13-9-12(17)6-7-15(13)19-16/h6-7,9,11,14,18H,3-5,8H2,1-2H3. The molecule has 1 saturated carbocycles. The van der Waals surface area contributed by atoms with Crippen molar-refractivity contribution in [2.75, 3.05) is 6.54 Å². The van der Waals surface area contributed by atoms with Gasteiger partial charge in [0.2, 0.25) is 0 Å². The third-order valence-electron chi connectivity index (χ3n) is 3.97. The summed E-state index contributed by atoms with van der Waals surface area (Å²) in [6.45, 7) is 5.05. The average Bonchev–Trinajstić information content (AvgIpc) is 3.15. The summed E-state index contributed by atoms with van der Waals surface area (Å²) in [4.78, 5) is 0. The van der Waals surface area contributed by atoms with E-state index in [2.05, 4.69) is 12.2 Å². The summed E-state index contributed by atoms with van der Waals surface area (Å²) in [6.07, 6.45) is 3.78. The molecule has 0 spiro atoms. The predicted octanol–water partition coefficient (Wildman–Crippen LogP) is 4.33. The van der Waals surface area contributed by atoms with Gasteiger partial charge in [-0.2, -0.15) is 0 Å². The minimum atomic E-state index is -0.204. The third kappa shape index (κ3) is 2.52. The molecule has 1 heterocycles. The number of nitrogens with one attached hydrogen (secondary N) is 1. The molecule has 1 aliphatic rings. The summed E-state index contributed by atoms with van der Waals surface area (Å²) in [7, 11) is 0. The number of furan rings is 1. The fraction of sp³-hybridized carbons (Fsp3) is 0.500. The quantitative estimate of drug-likeness (QED) is 0.866. The maximum absolute atomic E-state index is 13.3. The second kappa shape index (κ2) is 4.97. The Morgan fingerprint density at radius 1 is 1.42 bits per heavy atom. The Bertz CT molecular complexity index is 586. The van der Waals surface area contributed by atoms with E-state index in [0.717, 1.165) is 41.2 Å². The lowest BCUT2D eigenvalue weighted by Crippen LogP contribution is -2.21. The van der Waals surface area contributed by atoms with Crippen molar-refractivity contribution in [3.8, 4) is 0 Å². The molecule has 3 heteroatoms. The first-order chi connectivity index (χ1) is 9.19. The van der Waals surface area contributed by atoms with Crippen molar-refractivity contribution in [3.05, 3.63) is 35.3 Å². The van der Waals surface area contributed by atoms with Crippen LogP contribution in [0.5, 0.6) is 0 Å². The van der Waals surface area contributed by atoms with Crippen molar-refractivity contribution in [2.45, 2.75) is 39.2 Å². The summed E-state index contributed by atoms with van der Waals surface area (Å²) in [5, 5.41) is 4.40. The van der Waals surface area contributed by atoms with Crippen molar-refractivity contribution in [1.82, 2.24) is 5.32 Å². The molecule has 19 heavy (non-hydrogen) atoms. The maximum atomic E-state index is 13.3. The van der Waals surface area contributed by atoms with Gasteiger partial charge in [0, 0.05) is 10.9 Å². The Hall–Kier alpha value is -1.35. The zero-order valence-corrected chi connectivity index (χ0v) is 11.5. The molecule has 3 rings (SSSR count). The highest BCUT2D eigenvalue weighted by Crippen LogP contribution is 2.40. The van der Waals surface area contributed by atoms with Gasteiger partial charge in [-0.25, -0.2) is 4.39 Å². The first kappa shape index (κ1) is 12.7. The zero-order chi connectivity index (χ0) is 13.4. The second-order valence-electron chi connectivity index (χ2n) is 5.52. The first-order valence-electron chi connectivity index (χ1n) is 7.11. The number of hydrogen-bond donors (Lipinski definition) is 1. The normalized spacial score (nSPS) is 17.0. The van der Waals surface area contributed by atoms with E-state index in [1.54, 1.807) is 12.1 Å². The molecule has 1 aromatic carbocycles. The van der Waals surface area contributed by atoms with Gasteiger partial charge in [-0.1, -0.05) is 19.8 Å². The molecule has 0 bridgehead atoms. The third-order valence-corrected chi connectivity index (χ3v) is 3.97. The minimum Gasteiger partial charge on any atom is -0.459 e. The van der Waals surface area contributed by atoms with Crippen molar-refractivity contribution in [2.24, 2.45) is 5.92 Å². The molecule has 0 radical (unpaired) electrons. The monoisotopic (exact) mass is 261 g/mol. The molecular weight excluding hydrogens is 241 g/mol. The highest BCUT2D eigenvalue weighted by atomic mass is 19.1. The molecule has 2 nitrogen and oxygen atoms in total. The van der Waals surface area contributed by atoms with E-state index >= 15 is 0 Å². The van der Waals surface area contributed by atoms with Crippen LogP contribution >= 0.6 is 0 Å².